The normalized spacial score (nSPS) is 10.6. The summed E-state index contributed by atoms with van der Waals surface area (Å²) in [5, 5.41) is 12.6. The molecule has 1 aromatic heterocycles. The Kier molecular flexibility index (Phi) is 6.96. The average molecular weight is 440 g/mol. The minimum absolute atomic E-state index is 0.479. The smallest absolute Gasteiger partial charge is 0.173 e. The third-order valence-corrected chi connectivity index (χ3v) is 5.08. The molecule has 0 radical (unpaired) electrons. The minimum atomic E-state index is 0.479. The monoisotopic (exact) mass is 438 g/mol. The van der Waals surface area contributed by atoms with Crippen LogP contribution in [-0.2, 0) is 13.0 Å². The molecule has 0 aliphatic rings. The molecule has 0 bridgehead atoms. The van der Waals surface area contributed by atoms with Crippen molar-refractivity contribution in [2.45, 2.75) is 13.0 Å². The highest BCUT2D eigenvalue weighted by Crippen LogP contribution is 2.24. The molecule has 0 saturated carbocycles. The molecule has 0 atom stereocenters. The highest BCUT2D eigenvalue weighted by Gasteiger charge is 2.09. The molecule has 0 saturated heterocycles. The number of nitrogens with one attached hydrogen (secondary N) is 2. The molecule has 8 heteroatoms. The summed E-state index contributed by atoms with van der Waals surface area (Å²) in [7, 11) is 0. The molecule has 140 valence electrons. The van der Waals surface area contributed by atoms with Crippen LogP contribution in [0.15, 0.2) is 54.7 Å². The Morgan fingerprint density at radius 1 is 0.963 bits per heavy atom. The van der Waals surface area contributed by atoms with Crippen LogP contribution in [0.25, 0.3) is 0 Å². The molecule has 2 aromatic carbocycles. The molecule has 0 aliphatic carbocycles. The van der Waals surface area contributed by atoms with Crippen LogP contribution in [0.2, 0.25) is 15.1 Å². The summed E-state index contributed by atoms with van der Waals surface area (Å²) in [5.41, 5.74) is 2.22. The van der Waals surface area contributed by atoms with Crippen molar-refractivity contribution in [1.82, 2.24) is 15.1 Å². The molecule has 4 nitrogen and oxygen atoms in total. The maximum absolute atomic E-state index is 6.26. The molecular formula is C19H17Cl3N4S. The lowest BCUT2D eigenvalue weighted by Crippen LogP contribution is -2.30. The molecule has 0 unspecified atom stereocenters. The van der Waals surface area contributed by atoms with Gasteiger partial charge in [0.2, 0.25) is 0 Å². The van der Waals surface area contributed by atoms with Crippen molar-refractivity contribution in [2.75, 3.05) is 11.9 Å². The van der Waals surface area contributed by atoms with E-state index in [1.807, 2.05) is 30.3 Å². The predicted molar refractivity (Wildman–Crippen MR) is 117 cm³/mol. The second-order valence-electron chi connectivity index (χ2n) is 5.89. The van der Waals surface area contributed by atoms with Crippen LogP contribution in [-0.4, -0.2) is 21.4 Å². The van der Waals surface area contributed by atoms with Gasteiger partial charge in [0.05, 0.1) is 16.6 Å². The van der Waals surface area contributed by atoms with Crippen molar-refractivity contribution in [3.63, 3.8) is 0 Å². The fraction of sp³-hybridized carbons (Fsp3) is 0.158. The third-order valence-electron chi connectivity index (χ3n) is 3.82. The zero-order valence-corrected chi connectivity index (χ0v) is 17.3. The number of rotatable bonds is 6. The second kappa shape index (κ2) is 9.42. The minimum Gasteiger partial charge on any atom is -0.362 e. The fourth-order valence-electron chi connectivity index (χ4n) is 2.50. The first-order valence-electron chi connectivity index (χ1n) is 8.27. The first kappa shape index (κ1) is 20.0. The summed E-state index contributed by atoms with van der Waals surface area (Å²) in [5.74, 6) is 0.508. The molecule has 3 aromatic rings. The Morgan fingerprint density at radius 3 is 2.48 bits per heavy atom. The van der Waals surface area contributed by atoms with Crippen molar-refractivity contribution in [3.8, 4) is 0 Å². The standard InChI is InChI=1S/C19H17Cl3N4S/c20-15-7-6-14(10-16(15)21)11-26-12-17(22)18(25-26)24-19(27)23-9-8-13-4-2-1-3-5-13/h1-7,10,12H,8-9,11H2,(H2,23,24,25,27). The van der Waals surface area contributed by atoms with Gasteiger partial charge in [-0.25, -0.2) is 0 Å². The van der Waals surface area contributed by atoms with Crippen molar-refractivity contribution in [3.05, 3.63) is 80.9 Å². The number of benzene rings is 2. The first-order chi connectivity index (χ1) is 13.0. The quantitative estimate of drug-likeness (QED) is 0.503. The lowest BCUT2D eigenvalue weighted by atomic mass is 10.1. The van der Waals surface area contributed by atoms with Crippen LogP contribution in [0, 0.1) is 0 Å². The average Bonchev–Trinajstić information content (AvgIpc) is 2.98. The van der Waals surface area contributed by atoms with Gasteiger partial charge in [0.15, 0.2) is 10.9 Å². The van der Waals surface area contributed by atoms with Crippen LogP contribution in [0.4, 0.5) is 5.82 Å². The van der Waals surface area contributed by atoms with E-state index < -0.39 is 0 Å². The van der Waals surface area contributed by atoms with Crippen molar-refractivity contribution in [1.29, 1.82) is 0 Å². The van der Waals surface area contributed by atoms with Crippen molar-refractivity contribution in [2.24, 2.45) is 0 Å². The van der Waals surface area contributed by atoms with Gasteiger partial charge in [0.25, 0.3) is 0 Å². The van der Waals surface area contributed by atoms with E-state index in [-0.39, 0.29) is 0 Å². The van der Waals surface area contributed by atoms with Gasteiger partial charge in [-0.05, 0) is 41.9 Å². The summed E-state index contributed by atoms with van der Waals surface area (Å²) in [4.78, 5) is 0. The fourth-order valence-corrected chi connectivity index (χ4v) is 3.22. The Bertz CT molecular complexity index is 928. The highest BCUT2D eigenvalue weighted by molar-refractivity contribution is 7.80. The second-order valence-corrected chi connectivity index (χ2v) is 7.52. The Labute approximate surface area is 178 Å². The van der Waals surface area contributed by atoms with Crippen LogP contribution in [0.3, 0.4) is 0 Å². The molecule has 1 heterocycles. The third kappa shape index (κ3) is 5.84. The number of thiocarbonyl (C=S) groups is 1. The largest absolute Gasteiger partial charge is 0.362 e. The van der Waals surface area contributed by atoms with Crippen molar-refractivity contribution >= 4 is 58.0 Å². The van der Waals surface area contributed by atoms with Crippen LogP contribution in [0.1, 0.15) is 11.1 Å². The first-order valence-corrected chi connectivity index (χ1v) is 9.81. The predicted octanol–water partition coefficient (Wildman–Crippen LogP) is 5.42. The van der Waals surface area contributed by atoms with E-state index >= 15 is 0 Å². The lowest BCUT2D eigenvalue weighted by Gasteiger charge is -2.09. The molecule has 2 N–H and O–H groups in total. The van der Waals surface area contributed by atoms with Gasteiger partial charge in [0.1, 0.15) is 5.02 Å². The highest BCUT2D eigenvalue weighted by atomic mass is 35.5. The summed E-state index contributed by atoms with van der Waals surface area (Å²) in [6.07, 6.45) is 2.61. The zero-order valence-electron chi connectivity index (χ0n) is 14.3. The van der Waals surface area contributed by atoms with E-state index in [2.05, 4.69) is 27.9 Å². The number of hydrogen-bond acceptors (Lipinski definition) is 2. The molecule has 0 fully saturated rings. The topological polar surface area (TPSA) is 41.9 Å². The van der Waals surface area contributed by atoms with Crippen LogP contribution < -0.4 is 10.6 Å². The van der Waals surface area contributed by atoms with E-state index in [1.54, 1.807) is 16.9 Å². The van der Waals surface area contributed by atoms with Gasteiger partial charge in [-0.3, -0.25) is 4.68 Å². The maximum Gasteiger partial charge on any atom is 0.173 e. The molecule has 0 amide bonds. The van der Waals surface area contributed by atoms with Gasteiger partial charge in [0, 0.05) is 12.7 Å². The van der Waals surface area contributed by atoms with E-state index in [0.717, 1.165) is 18.5 Å². The molecule has 0 spiro atoms. The van der Waals surface area contributed by atoms with E-state index in [0.29, 0.717) is 32.5 Å². The van der Waals surface area contributed by atoms with E-state index in [1.165, 1.54) is 5.56 Å². The number of hydrogen-bond donors (Lipinski definition) is 2. The van der Waals surface area contributed by atoms with Crippen LogP contribution in [0.5, 0.6) is 0 Å². The van der Waals surface area contributed by atoms with Crippen LogP contribution >= 0.6 is 47.0 Å². The molecule has 27 heavy (non-hydrogen) atoms. The Morgan fingerprint density at radius 2 is 1.74 bits per heavy atom. The Hall–Kier alpha value is -1.79. The van der Waals surface area contributed by atoms with Gasteiger partial charge < -0.3 is 10.6 Å². The summed E-state index contributed by atoms with van der Waals surface area (Å²) in [6.45, 7) is 1.24. The van der Waals surface area contributed by atoms with Crippen molar-refractivity contribution < 1.29 is 0 Å². The maximum atomic E-state index is 6.26. The summed E-state index contributed by atoms with van der Waals surface area (Å²) in [6, 6.07) is 15.7. The molecular weight excluding hydrogens is 423 g/mol. The number of aromatic nitrogens is 2. The Balaban J connectivity index is 1.54. The lowest BCUT2D eigenvalue weighted by molar-refractivity contribution is 0.690. The molecule has 0 aliphatic heterocycles. The van der Waals surface area contributed by atoms with E-state index in [9.17, 15) is 0 Å². The number of anilines is 1. The van der Waals surface area contributed by atoms with Gasteiger partial charge in [-0.15, -0.1) is 0 Å². The number of nitrogens with zero attached hydrogens (tertiary/aromatic N) is 2. The van der Waals surface area contributed by atoms with Gasteiger partial charge >= 0.3 is 0 Å². The SMILES string of the molecule is S=C(NCCc1ccccc1)Nc1nn(Cc2ccc(Cl)c(Cl)c2)cc1Cl. The number of halogens is 3. The zero-order chi connectivity index (χ0) is 19.2. The summed E-state index contributed by atoms with van der Waals surface area (Å²) >= 11 is 23.6. The summed E-state index contributed by atoms with van der Waals surface area (Å²) < 4.78 is 1.72. The van der Waals surface area contributed by atoms with Gasteiger partial charge in [-0.1, -0.05) is 71.2 Å². The van der Waals surface area contributed by atoms with E-state index in [4.69, 9.17) is 47.0 Å². The van der Waals surface area contributed by atoms with Gasteiger partial charge in [-0.2, -0.15) is 5.10 Å². The molecule has 3 rings (SSSR count).